The summed E-state index contributed by atoms with van der Waals surface area (Å²) in [5, 5.41) is 0.490. The summed E-state index contributed by atoms with van der Waals surface area (Å²) in [6.45, 7) is 0.935. The number of sulfonamides is 1. The van der Waals surface area contributed by atoms with E-state index in [1.807, 2.05) is 4.90 Å². The number of likely N-dealkylation sites (tertiary alicyclic amines) is 1. The molecule has 0 saturated carbocycles. The molecule has 0 aliphatic carbocycles. The van der Waals surface area contributed by atoms with Crippen molar-refractivity contribution in [2.45, 2.75) is 17.7 Å². The van der Waals surface area contributed by atoms with Crippen molar-refractivity contribution in [1.82, 2.24) is 4.90 Å². The van der Waals surface area contributed by atoms with Crippen molar-refractivity contribution >= 4 is 45.0 Å². The number of ether oxygens (including phenoxy) is 1. The maximum absolute atomic E-state index is 12.7. The normalized spacial score (nSPS) is 20.4. The molecule has 1 fully saturated rings. The van der Waals surface area contributed by atoms with E-state index >= 15 is 0 Å². The molecule has 2 aliphatic heterocycles. The molecule has 0 bridgehead atoms. The zero-order chi connectivity index (χ0) is 19.9. The highest BCUT2D eigenvalue weighted by Crippen LogP contribution is 2.33. The quantitative estimate of drug-likeness (QED) is 0.526. The Hall–Kier alpha value is -2.09. The van der Waals surface area contributed by atoms with Gasteiger partial charge in [-0.25, -0.2) is 0 Å². The molecule has 0 spiro atoms. The van der Waals surface area contributed by atoms with Crippen molar-refractivity contribution in [3.8, 4) is 5.75 Å². The summed E-state index contributed by atoms with van der Waals surface area (Å²) in [6.07, 6.45) is 1.35. The monoisotopic (exact) mass is 438 g/mol. The number of fused-ring (bicyclic) bond motifs is 1. The van der Waals surface area contributed by atoms with Crippen molar-refractivity contribution < 1.29 is 17.9 Å². The van der Waals surface area contributed by atoms with E-state index in [0.29, 0.717) is 42.4 Å². The molecule has 0 aromatic heterocycles. The summed E-state index contributed by atoms with van der Waals surface area (Å²) in [5.74, 6) is -0.262. The molecule has 0 amide bonds. The highest BCUT2D eigenvalue weighted by atomic mass is 35.5. The van der Waals surface area contributed by atoms with Crippen LogP contribution < -0.4 is 4.74 Å². The third kappa shape index (κ3) is 3.50. The molecule has 6 nitrogen and oxygen atoms in total. The van der Waals surface area contributed by atoms with E-state index < -0.39 is 21.9 Å². The average molecular weight is 439 g/mol. The van der Waals surface area contributed by atoms with E-state index in [4.69, 9.17) is 27.9 Å². The maximum Gasteiger partial charge on any atom is 0.316 e. The lowest BCUT2D eigenvalue weighted by Crippen LogP contribution is -2.43. The number of hydrogen-bond donors (Lipinski definition) is 0. The van der Waals surface area contributed by atoms with Gasteiger partial charge in [0.25, 0.3) is 10.0 Å². The van der Waals surface area contributed by atoms with Crippen LogP contribution in [0.2, 0.25) is 10.0 Å². The summed E-state index contributed by atoms with van der Waals surface area (Å²) in [7, 11) is -3.70. The molecule has 1 unspecified atom stereocenters. The van der Waals surface area contributed by atoms with E-state index in [9.17, 15) is 13.2 Å². The van der Waals surface area contributed by atoms with Crippen LogP contribution in [0.3, 0.4) is 0 Å². The first kappa shape index (κ1) is 19.2. The first-order chi connectivity index (χ1) is 13.4. The second-order valence-corrected chi connectivity index (χ2v) is 9.00. The molecule has 0 N–H and O–H groups in total. The summed E-state index contributed by atoms with van der Waals surface area (Å²) in [4.78, 5) is 14.7. The maximum atomic E-state index is 12.7. The van der Waals surface area contributed by atoms with Crippen LogP contribution in [0.5, 0.6) is 5.75 Å². The third-order valence-electron chi connectivity index (χ3n) is 4.79. The van der Waals surface area contributed by atoms with Gasteiger partial charge in [-0.05, 0) is 37.1 Å². The van der Waals surface area contributed by atoms with Crippen molar-refractivity contribution in [2.24, 2.45) is 10.3 Å². The van der Waals surface area contributed by atoms with Crippen LogP contribution in [-0.2, 0) is 14.8 Å². The number of halogens is 2. The van der Waals surface area contributed by atoms with Gasteiger partial charge in [-0.15, -0.1) is 4.40 Å². The molecule has 1 atom stereocenters. The molecule has 28 heavy (non-hydrogen) atoms. The van der Waals surface area contributed by atoms with E-state index in [-0.39, 0.29) is 15.7 Å². The number of hydrogen-bond acceptors (Lipinski definition) is 5. The predicted octanol–water partition coefficient (Wildman–Crippen LogP) is 3.76. The molecule has 2 aromatic rings. The second-order valence-electron chi connectivity index (χ2n) is 6.64. The minimum Gasteiger partial charge on any atom is -0.425 e. The molecule has 4 rings (SSSR count). The molecular formula is C19H16Cl2N2O4S. The Kier molecular flexibility index (Phi) is 5.07. The second kappa shape index (κ2) is 7.39. The number of carbonyl (C=O) groups is 1. The average Bonchev–Trinajstić information content (AvgIpc) is 2.97. The number of amidine groups is 1. The Bertz CT molecular complexity index is 1090. The van der Waals surface area contributed by atoms with Crippen molar-refractivity contribution in [3.05, 3.63) is 58.1 Å². The van der Waals surface area contributed by atoms with Crippen molar-refractivity contribution in [1.29, 1.82) is 0 Å². The third-order valence-corrected chi connectivity index (χ3v) is 6.92. The lowest BCUT2D eigenvalue weighted by molar-refractivity contribution is -0.140. The largest absolute Gasteiger partial charge is 0.425 e. The minimum absolute atomic E-state index is 0.186. The molecule has 2 heterocycles. The van der Waals surface area contributed by atoms with Gasteiger partial charge >= 0.3 is 5.97 Å². The molecule has 1 saturated heterocycles. The zero-order valence-electron chi connectivity index (χ0n) is 14.6. The molecular weight excluding hydrogens is 423 g/mol. The minimum atomic E-state index is -3.70. The summed E-state index contributed by atoms with van der Waals surface area (Å²) < 4.78 is 34.0. The lowest BCUT2D eigenvalue weighted by atomic mass is 9.97. The number of nitrogens with zero attached hydrogens (tertiary/aromatic N) is 2. The lowest BCUT2D eigenvalue weighted by Gasteiger charge is -2.32. The number of rotatable bonds is 2. The Morgan fingerprint density at radius 2 is 1.93 bits per heavy atom. The number of esters is 1. The highest BCUT2D eigenvalue weighted by molar-refractivity contribution is 7.90. The van der Waals surface area contributed by atoms with Crippen LogP contribution in [0, 0.1) is 5.92 Å². The van der Waals surface area contributed by atoms with Gasteiger partial charge in [-0.2, -0.15) is 8.42 Å². The standard InChI is InChI=1S/C19H16Cl2N2O4S/c20-14-7-3-8-15(17(14)21)27-19(24)12-5-4-10-23(11-12)18-13-6-1-2-9-16(13)28(25,26)22-18/h1-3,6-9,12H,4-5,10-11H2. The molecule has 0 radical (unpaired) electrons. The van der Waals surface area contributed by atoms with Gasteiger partial charge in [0.15, 0.2) is 11.6 Å². The molecule has 2 aliphatic rings. The van der Waals surface area contributed by atoms with Crippen LogP contribution >= 0.6 is 23.2 Å². The Morgan fingerprint density at radius 3 is 2.75 bits per heavy atom. The fraction of sp³-hybridized carbons (Fsp3) is 0.263. The Morgan fingerprint density at radius 1 is 1.14 bits per heavy atom. The van der Waals surface area contributed by atoms with Gasteiger partial charge in [0.2, 0.25) is 0 Å². The van der Waals surface area contributed by atoms with Crippen molar-refractivity contribution in [3.63, 3.8) is 0 Å². The van der Waals surface area contributed by atoms with Crippen LogP contribution in [0.4, 0.5) is 0 Å². The summed E-state index contributed by atoms with van der Waals surface area (Å²) in [5.41, 5.74) is 0.564. The van der Waals surface area contributed by atoms with Crippen molar-refractivity contribution in [2.75, 3.05) is 13.1 Å². The summed E-state index contributed by atoms with van der Waals surface area (Å²) in [6, 6.07) is 11.5. The van der Waals surface area contributed by atoms with E-state index in [2.05, 4.69) is 4.40 Å². The van der Waals surface area contributed by atoms with E-state index in [1.54, 1.807) is 36.4 Å². The summed E-state index contributed by atoms with van der Waals surface area (Å²) >= 11 is 12.1. The predicted molar refractivity (Wildman–Crippen MR) is 107 cm³/mol. The van der Waals surface area contributed by atoms with Gasteiger partial charge in [0, 0.05) is 18.7 Å². The van der Waals surface area contributed by atoms with Gasteiger partial charge in [-0.3, -0.25) is 4.79 Å². The highest BCUT2D eigenvalue weighted by Gasteiger charge is 2.35. The molecule has 9 heteroatoms. The van der Waals surface area contributed by atoms with Gasteiger partial charge in [0.1, 0.15) is 9.92 Å². The fourth-order valence-corrected chi connectivity index (χ4v) is 4.99. The van der Waals surface area contributed by atoms with Crippen LogP contribution in [0.15, 0.2) is 51.8 Å². The van der Waals surface area contributed by atoms with Gasteiger partial charge in [0.05, 0.1) is 10.9 Å². The SMILES string of the molecule is O=C(Oc1cccc(Cl)c1Cl)C1CCCN(C2=NS(=O)(=O)c3ccccc32)C1. The first-order valence-corrected chi connectivity index (χ1v) is 10.9. The van der Waals surface area contributed by atoms with Gasteiger partial charge < -0.3 is 9.64 Å². The van der Waals surface area contributed by atoms with Gasteiger partial charge in [-0.1, -0.05) is 41.4 Å². The molecule has 2 aromatic carbocycles. The smallest absolute Gasteiger partial charge is 0.316 e. The Labute approximate surface area is 172 Å². The van der Waals surface area contributed by atoms with E-state index in [0.717, 1.165) is 0 Å². The number of carbonyl (C=O) groups excluding carboxylic acids is 1. The van der Waals surface area contributed by atoms with Crippen LogP contribution in [0.1, 0.15) is 18.4 Å². The van der Waals surface area contributed by atoms with Crippen LogP contribution in [-0.4, -0.2) is 38.2 Å². The topological polar surface area (TPSA) is 76.0 Å². The molecule has 146 valence electrons. The van der Waals surface area contributed by atoms with Crippen LogP contribution in [0.25, 0.3) is 0 Å². The Balaban J connectivity index is 1.54. The number of piperidine rings is 1. The zero-order valence-corrected chi connectivity index (χ0v) is 17.0. The number of benzene rings is 2. The first-order valence-electron chi connectivity index (χ1n) is 8.72. The van der Waals surface area contributed by atoms with E-state index in [1.165, 1.54) is 6.07 Å². The fourth-order valence-electron chi connectivity index (χ4n) is 3.43.